The molecule has 3 rings (SSSR count). The van der Waals surface area contributed by atoms with Gasteiger partial charge in [-0.05, 0) is 24.1 Å². The van der Waals surface area contributed by atoms with E-state index in [2.05, 4.69) is 4.90 Å². The Labute approximate surface area is 125 Å². The number of benzene rings is 1. The third kappa shape index (κ3) is 3.54. The van der Waals surface area contributed by atoms with Crippen LogP contribution in [0.5, 0.6) is 0 Å². The van der Waals surface area contributed by atoms with Gasteiger partial charge in [0.1, 0.15) is 0 Å². The number of likely N-dealkylation sites (tertiary alicyclic amines) is 1. The minimum absolute atomic E-state index is 0.218. The van der Waals surface area contributed by atoms with Gasteiger partial charge in [-0.1, -0.05) is 12.1 Å². The van der Waals surface area contributed by atoms with E-state index in [0.29, 0.717) is 12.5 Å². The molecule has 21 heavy (non-hydrogen) atoms. The van der Waals surface area contributed by atoms with Gasteiger partial charge in [-0.15, -0.1) is 0 Å². The van der Waals surface area contributed by atoms with Crippen LogP contribution in [0.4, 0.5) is 5.69 Å². The van der Waals surface area contributed by atoms with E-state index in [0.717, 1.165) is 57.1 Å². The first-order valence-corrected chi connectivity index (χ1v) is 7.66. The maximum atomic E-state index is 12.4. The molecule has 0 saturated carbocycles. The molecule has 1 aromatic carbocycles. The lowest BCUT2D eigenvalue weighted by Crippen LogP contribution is -2.45. The predicted molar refractivity (Wildman–Crippen MR) is 81.9 cm³/mol. The summed E-state index contributed by atoms with van der Waals surface area (Å²) in [5.74, 6) is 0.218. The molecule has 5 nitrogen and oxygen atoms in total. The van der Waals surface area contributed by atoms with Gasteiger partial charge in [0.15, 0.2) is 0 Å². The van der Waals surface area contributed by atoms with Gasteiger partial charge in [0.2, 0.25) is 5.91 Å². The van der Waals surface area contributed by atoms with Crippen molar-refractivity contribution in [2.24, 2.45) is 0 Å². The predicted octanol–water partition coefficient (Wildman–Crippen LogP) is 0.744. The number of hydrogen-bond donors (Lipinski definition) is 1. The zero-order chi connectivity index (χ0) is 14.7. The molecule has 2 aliphatic rings. The standard InChI is InChI=1S/C16H23N3O2/c17-14-3-1-13(2-4-14)11-16(20)19-6-5-15(12-19)18-7-9-21-10-8-18/h1-4,15H,5-12,17H2. The number of anilines is 1. The first-order chi connectivity index (χ1) is 10.2. The van der Waals surface area contributed by atoms with Gasteiger partial charge < -0.3 is 15.4 Å². The zero-order valence-electron chi connectivity index (χ0n) is 12.3. The molecule has 1 amide bonds. The summed E-state index contributed by atoms with van der Waals surface area (Å²) in [6.07, 6.45) is 1.55. The lowest BCUT2D eigenvalue weighted by molar-refractivity contribution is -0.129. The van der Waals surface area contributed by atoms with Crippen LogP contribution < -0.4 is 5.73 Å². The maximum absolute atomic E-state index is 12.4. The van der Waals surface area contributed by atoms with Crippen LogP contribution in [0.25, 0.3) is 0 Å². The molecule has 2 N–H and O–H groups in total. The summed E-state index contributed by atoms with van der Waals surface area (Å²) in [5.41, 5.74) is 7.44. The molecule has 5 heteroatoms. The van der Waals surface area contributed by atoms with Crippen molar-refractivity contribution < 1.29 is 9.53 Å². The third-order valence-electron chi connectivity index (χ3n) is 4.41. The van der Waals surface area contributed by atoms with Crippen LogP contribution in [0.2, 0.25) is 0 Å². The van der Waals surface area contributed by atoms with E-state index in [1.807, 2.05) is 29.2 Å². The highest BCUT2D eigenvalue weighted by atomic mass is 16.5. The molecule has 0 spiro atoms. The van der Waals surface area contributed by atoms with Crippen LogP contribution in [0.1, 0.15) is 12.0 Å². The van der Waals surface area contributed by atoms with Crippen molar-refractivity contribution in [1.82, 2.24) is 9.80 Å². The molecule has 0 bridgehead atoms. The van der Waals surface area contributed by atoms with Crippen LogP contribution in [-0.4, -0.2) is 61.1 Å². The number of rotatable bonds is 3. The Morgan fingerprint density at radius 1 is 1.19 bits per heavy atom. The lowest BCUT2D eigenvalue weighted by Gasteiger charge is -2.32. The number of nitrogens with two attached hydrogens (primary N) is 1. The summed E-state index contributed by atoms with van der Waals surface area (Å²) in [6, 6.07) is 8.07. The summed E-state index contributed by atoms with van der Waals surface area (Å²) in [6.45, 7) is 5.34. The Bertz CT molecular complexity index is 483. The number of nitrogen functional groups attached to an aromatic ring is 1. The zero-order valence-corrected chi connectivity index (χ0v) is 12.3. The number of nitrogens with zero attached hydrogens (tertiary/aromatic N) is 2. The minimum atomic E-state index is 0.218. The van der Waals surface area contributed by atoms with E-state index in [4.69, 9.17) is 10.5 Å². The molecule has 114 valence electrons. The van der Waals surface area contributed by atoms with Crippen LogP contribution >= 0.6 is 0 Å². The molecule has 1 aromatic rings. The van der Waals surface area contributed by atoms with E-state index >= 15 is 0 Å². The number of amides is 1. The van der Waals surface area contributed by atoms with Crippen molar-refractivity contribution in [3.8, 4) is 0 Å². The van der Waals surface area contributed by atoms with E-state index in [-0.39, 0.29) is 5.91 Å². The average molecular weight is 289 g/mol. The molecule has 2 fully saturated rings. The normalized spacial score (nSPS) is 23.4. The monoisotopic (exact) mass is 289 g/mol. The van der Waals surface area contributed by atoms with Crippen LogP contribution in [0.15, 0.2) is 24.3 Å². The van der Waals surface area contributed by atoms with Gasteiger partial charge >= 0.3 is 0 Å². The summed E-state index contributed by atoms with van der Waals surface area (Å²) in [7, 11) is 0. The molecule has 1 unspecified atom stereocenters. The quantitative estimate of drug-likeness (QED) is 0.834. The molecule has 0 aromatic heterocycles. The molecule has 2 saturated heterocycles. The highest BCUT2D eigenvalue weighted by Crippen LogP contribution is 2.18. The van der Waals surface area contributed by atoms with Crippen LogP contribution in [0.3, 0.4) is 0 Å². The van der Waals surface area contributed by atoms with E-state index in [9.17, 15) is 4.79 Å². The Balaban J connectivity index is 1.53. The summed E-state index contributed by atoms with van der Waals surface area (Å²) < 4.78 is 5.39. The van der Waals surface area contributed by atoms with E-state index < -0.39 is 0 Å². The van der Waals surface area contributed by atoms with Crippen LogP contribution in [-0.2, 0) is 16.0 Å². The summed E-state index contributed by atoms with van der Waals surface area (Å²) >= 11 is 0. The third-order valence-corrected chi connectivity index (χ3v) is 4.41. The fourth-order valence-corrected chi connectivity index (χ4v) is 3.13. The lowest BCUT2D eigenvalue weighted by atomic mass is 10.1. The van der Waals surface area contributed by atoms with Gasteiger partial charge in [0.05, 0.1) is 19.6 Å². The van der Waals surface area contributed by atoms with Crippen molar-refractivity contribution in [3.05, 3.63) is 29.8 Å². The number of carbonyl (C=O) groups is 1. The average Bonchev–Trinajstić information content (AvgIpc) is 3.00. The summed E-state index contributed by atoms with van der Waals surface area (Å²) in [4.78, 5) is 16.8. The van der Waals surface area contributed by atoms with E-state index in [1.54, 1.807) is 0 Å². The molecule has 0 radical (unpaired) electrons. The second-order valence-electron chi connectivity index (χ2n) is 5.85. The highest BCUT2D eigenvalue weighted by molar-refractivity contribution is 5.79. The first kappa shape index (κ1) is 14.4. The fourth-order valence-electron chi connectivity index (χ4n) is 3.13. The Morgan fingerprint density at radius 3 is 2.62 bits per heavy atom. The van der Waals surface area contributed by atoms with Gasteiger partial charge in [-0.25, -0.2) is 0 Å². The largest absolute Gasteiger partial charge is 0.399 e. The number of morpholine rings is 1. The SMILES string of the molecule is Nc1ccc(CC(=O)N2CCC(N3CCOCC3)C2)cc1. The van der Waals surface area contributed by atoms with Crippen molar-refractivity contribution in [2.45, 2.75) is 18.9 Å². The minimum Gasteiger partial charge on any atom is -0.399 e. The fraction of sp³-hybridized carbons (Fsp3) is 0.562. The number of hydrogen-bond acceptors (Lipinski definition) is 4. The maximum Gasteiger partial charge on any atom is 0.227 e. The van der Waals surface area contributed by atoms with Gasteiger partial charge in [-0.3, -0.25) is 9.69 Å². The molecule has 2 heterocycles. The Morgan fingerprint density at radius 2 is 1.90 bits per heavy atom. The Kier molecular flexibility index (Phi) is 4.41. The smallest absolute Gasteiger partial charge is 0.227 e. The van der Waals surface area contributed by atoms with Crippen molar-refractivity contribution in [3.63, 3.8) is 0 Å². The second-order valence-corrected chi connectivity index (χ2v) is 5.85. The van der Waals surface area contributed by atoms with E-state index in [1.165, 1.54) is 0 Å². The molecule has 2 aliphatic heterocycles. The van der Waals surface area contributed by atoms with Gasteiger partial charge in [-0.2, -0.15) is 0 Å². The van der Waals surface area contributed by atoms with Gasteiger partial charge in [0.25, 0.3) is 0 Å². The summed E-state index contributed by atoms with van der Waals surface area (Å²) in [5, 5.41) is 0. The highest BCUT2D eigenvalue weighted by Gasteiger charge is 2.30. The molecule has 1 atom stereocenters. The second kappa shape index (κ2) is 6.45. The topological polar surface area (TPSA) is 58.8 Å². The van der Waals surface area contributed by atoms with Crippen LogP contribution in [0, 0.1) is 0 Å². The molecular formula is C16H23N3O2. The molecular weight excluding hydrogens is 266 g/mol. The van der Waals surface area contributed by atoms with Crippen molar-refractivity contribution in [2.75, 3.05) is 45.1 Å². The van der Waals surface area contributed by atoms with Crippen molar-refractivity contribution in [1.29, 1.82) is 0 Å². The number of ether oxygens (including phenoxy) is 1. The Hall–Kier alpha value is -1.59. The molecule has 0 aliphatic carbocycles. The first-order valence-electron chi connectivity index (χ1n) is 7.66. The number of carbonyl (C=O) groups excluding carboxylic acids is 1. The van der Waals surface area contributed by atoms with Gasteiger partial charge in [0, 0.05) is 37.9 Å². The van der Waals surface area contributed by atoms with Crippen molar-refractivity contribution >= 4 is 11.6 Å².